The second-order valence-corrected chi connectivity index (χ2v) is 8.61. The molecule has 1 aromatic heterocycles. The molecule has 36 heavy (non-hydrogen) atoms. The molecule has 1 radical (unpaired) electrons. The third kappa shape index (κ3) is 4.35. The summed E-state index contributed by atoms with van der Waals surface area (Å²) in [6.07, 6.45) is -5.31. The van der Waals surface area contributed by atoms with Crippen molar-refractivity contribution in [3.05, 3.63) is 93.8 Å². The molecule has 10 heteroatoms. The molecule has 1 aliphatic carbocycles. The number of benzene rings is 3. The van der Waals surface area contributed by atoms with E-state index in [-0.39, 0.29) is 76.9 Å². The predicted molar refractivity (Wildman–Crippen MR) is 126 cm³/mol. The Morgan fingerprint density at radius 1 is 0.889 bits per heavy atom. The van der Waals surface area contributed by atoms with Gasteiger partial charge in [-0.25, -0.2) is 0 Å². The van der Waals surface area contributed by atoms with Crippen molar-refractivity contribution in [2.45, 2.75) is 25.4 Å². The van der Waals surface area contributed by atoms with Crippen molar-refractivity contribution < 1.29 is 83.4 Å². The van der Waals surface area contributed by atoms with Gasteiger partial charge in [-0.15, -0.1) is 0 Å². The minimum Gasteiger partial charge on any atom is -0.506 e. The third-order valence-electron chi connectivity index (χ3n) is 6.35. The molecule has 4 aromatic rings. The van der Waals surface area contributed by atoms with Gasteiger partial charge in [-0.1, -0.05) is 56.3 Å². The van der Waals surface area contributed by atoms with Gasteiger partial charge in [0.15, 0.2) is 0 Å². The van der Waals surface area contributed by atoms with Gasteiger partial charge in [0.05, 0.1) is 5.52 Å². The van der Waals surface area contributed by atoms with Crippen molar-refractivity contribution in [1.29, 1.82) is 0 Å². The third-order valence-corrected chi connectivity index (χ3v) is 6.35. The van der Waals surface area contributed by atoms with Crippen LogP contribution >= 0.6 is 0 Å². The number of ketones is 1. The van der Waals surface area contributed by atoms with Gasteiger partial charge >= 0.3 is 6.18 Å². The molecule has 0 aliphatic heterocycles. The number of pyridine rings is 1. The van der Waals surface area contributed by atoms with Crippen molar-refractivity contribution in [2.24, 2.45) is 0 Å². The van der Waals surface area contributed by atoms with Crippen LogP contribution in [0.2, 0.25) is 0 Å². The van der Waals surface area contributed by atoms with Crippen LogP contribution in [-0.2, 0) is 5.41 Å². The van der Waals surface area contributed by atoms with E-state index in [1.54, 1.807) is 42.5 Å². The number of Topliss-reactive ketones (excluding diaryl/α,β-unsaturated/α-hetero) is 1. The van der Waals surface area contributed by atoms with Gasteiger partial charge in [0.25, 0.3) is 11.3 Å². The number of fused-ring (bicyclic) bond motifs is 4. The van der Waals surface area contributed by atoms with E-state index in [9.17, 15) is 27.9 Å². The number of aromatic nitrogens is 1. The SMILES string of the molecule is CC1(C)c2ccccc2-c2cc3c(cc21)c(O)c(C(=O)C(F)(F)F)c(=O)n3-c1ccccc1.O.O.[Eu]. The number of hydrogen-bond acceptors (Lipinski definition) is 3. The summed E-state index contributed by atoms with van der Waals surface area (Å²) in [7, 11) is 0. The largest absolute Gasteiger partial charge is 0.506 e. The summed E-state index contributed by atoms with van der Waals surface area (Å²) in [5.74, 6) is -3.33. The summed E-state index contributed by atoms with van der Waals surface area (Å²) in [4.78, 5) is 25.4. The molecule has 0 saturated carbocycles. The van der Waals surface area contributed by atoms with Crippen LogP contribution in [0.15, 0.2) is 71.5 Å². The van der Waals surface area contributed by atoms with E-state index in [4.69, 9.17) is 0 Å². The van der Waals surface area contributed by atoms with Gasteiger partial charge in [0.1, 0.15) is 11.3 Å². The molecule has 0 fully saturated rings. The quantitative estimate of drug-likeness (QED) is 0.333. The van der Waals surface area contributed by atoms with Crippen molar-refractivity contribution in [3.63, 3.8) is 0 Å². The fourth-order valence-electron chi connectivity index (χ4n) is 4.75. The Balaban J connectivity index is 0.00000152. The van der Waals surface area contributed by atoms with E-state index in [1.165, 1.54) is 0 Å². The molecule has 1 heterocycles. The molecule has 6 nitrogen and oxygen atoms in total. The Morgan fingerprint density at radius 3 is 2.08 bits per heavy atom. The summed E-state index contributed by atoms with van der Waals surface area (Å²) in [5.41, 5.74) is 1.08. The first-order valence-corrected chi connectivity index (χ1v) is 10.3. The van der Waals surface area contributed by atoms with Gasteiger partial charge in [-0.3, -0.25) is 14.2 Å². The molecule has 0 atom stereocenters. The molecule has 5 N–H and O–H groups in total. The van der Waals surface area contributed by atoms with Gasteiger partial charge < -0.3 is 16.1 Å². The van der Waals surface area contributed by atoms with Crippen LogP contribution in [0.5, 0.6) is 5.75 Å². The molecule has 0 spiro atoms. The second kappa shape index (κ2) is 10.2. The van der Waals surface area contributed by atoms with E-state index in [2.05, 4.69) is 0 Å². The first-order chi connectivity index (χ1) is 15.5. The fourth-order valence-corrected chi connectivity index (χ4v) is 4.75. The Bertz CT molecular complexity index is 1530. The Kier molecular flexibility index (Phi) is 8.45. The summed E-state index contributed by atoms with van der Waals surface area (Å²) in [6, 6.07) is 19.1. The summed E-state index contributed by atoms with van der Waals surface area (Å²) < 4.78 is 41.1. The number of nitrogens with zero attached hydrogens (tertiary/aromatic N) is 1. The van der Waals surface area contributed by atoms with Crippen LogP contribution in [0, 0.1) is 49.4 Å². The van der Waals surface area contributed by atoms with Gasteiger partial charge in [-0.05, 0) is 46.5 Å². The maximum atomic E-state index is 13.3. The van der Waals surface area contributed by atoms with Gasteiger partial charge in [-0.2, -0.15) is 13.2 Å². The number of rotatable bonds is 2. The maximum absolute atomic E-state index is 13.3. The average Bonchev–Trinajstić information content (AvgIpc) is 3.00. The molecule has 0 bridgehead atoms. The predicted octanol–water partition coefficient (Wildman–Crippen LogP) is 4.10. The Hall–Kier alpha value is -2.37. The average molecular weight is 637 g/mol. The topological polar surface area (TPSA) is 122 Å². The number of carbonyl (C=O) groups is 1. The molecule has 189 valence electrons. The number of carbonyl (C=O) groups excluding carboxylic acids is 1. The second-order valence-electron chi connectivity index (χ2n) is 8.61. The molecule has 1 aliphatic rings. The van der Waals surface area contributed by atoms with Crippen LogP contribution in [0.3, 0.4) is 0 Å². The number of alkyl halides is 3. The van der Waals surface area contributed by atoms with E-state index >= 15 is 0 Å². The monoisotopic (exact) mass is 638 g/mol. The molecular formula is C26H22EuF3NO5. The van der Waals surface area contributed by atoms with Gasteiger partial charge in [0.2, 0.25) is 0 Å². The van der Waals surface area contributed by atoms with Crippen LogP contribution in [-0.4, -0.2) is 32.6 Å². The standard InChI is InChI=1S/C26H18F3NO3.Eu.2H2O/c1-25(2)18-11-7-6-10-15(18)16-13-20-17(12-19(16)25)22(31)21(23(32)26(27,28)29)24(33)30(20)14-8-4-3-5-9-14;;;/h3-13,31H,1-2H3;;2*1H2. The molecule has 0 saturated heterocycles. The summed E-state index contributed by atoms with van der Waals surface area (Å²) in [6.45, 7) is 3.96. The number of para-hydroxylation sites is 1. The van der Waals surface area contributed by atoms with Crippen LogP contribution < -0.4 is 5.56 Å². The zero-order valence-electron chi connectivity index (χ0n) is 19.1. The van der Waals surface area contributed by atoms with E-state index in [0.29, 0.717) is 0 Å². The molecule has 5 rings (SSSR count). The first-order valence-electron chi connectivity index (χ1n) is 10.3. The number of halogens is 3. The van der Waals surface area contributed by atoms with E-state index in [0.717, 1.165) is 26.8 Å². The van der Waals surface area contributed by atoms with Crippen molar-refractivity contribution in [3.8, 4) is 22.6 Å². The first kappa shape index (κ1) is 29.9. The summed E-state index contributed by atoms with van der Waals surface area (Å²) >= 11 is 0. The Morgan fingerprint density at radius 2 is 1.47 bits per heavy atom. The molecule has 0 unspecified atom stereocenters. The van der Waals surface area contributed by atoms with Crippen molar-refractivity contribution in [2.75, 3.05) is 0 Å². The number of hydrogen-bond donors (Lipinski definition) is 1. The van der Waals surface area contributed by atoms with Crippen LogP contribution in [0.1, 0.15) is 35.3 Å². The minimum atomic E-state index is -5.31. The van der Waals surface area contributed by atoms with Crippen molar-refractivity contribution in [1.82, 2.24) is 4.57 Å². The van der Waals surface area contributed by atoms with E-state index < -0.39 is 34.2 Å². The van der Waals surface area contributed by atoms with Crippen LogP contribution in [0.25, 0.3) is 27.7 Å². The molecule has 3 aromatic carbocycles. The molecule has 0 amide bonds. The maximum Gasteiger partial charge on any atom is 0.455 e. The zero-order chi connectivity index (χ0) is 23.7. The van der Waals surface area contributed by atoms with Crippen LogP contribution in [0.4, 0.5) is 13.2 Å². The smallest absolute Gasteiger partial charge is 0.455 e. The fraction of sp³-hybridized carbons (Fsp3) is 0.154. The summed E-state index contributed by atoms with van der Waals surface area (Å²) in [5, 5.41) is 10.8. The zero-order valence-corrected chi connectivity index (χ0v) is 21.5. The molecular weight excluding hydrogens is 615 g/mol. The number of aromatic hydroxyl groups is 1. The minimum absolute atomic E-state index is 0. The Labute approximate surface area is 244 Å². The normalized spacial score (nSPS) is 13.0. The van der Waals surface area contributed by atoms with E-state index in [1.807, 2.05) is 38.1 Å². The van der Waals surface area contributed by atoms with Crippen molar-refractivity contribution >= 4 is 16.7 Å². The van der Waals surface area contributed by atoms with Gasteiger partial charge in [0, 0.05) is 65.9 Å².